The van der Waals surface area contributed by atoms with Crippen molar-refractivity contribution in [1.29, 1.82) is 0 Å². The minimum Gasteiger partial charge on any atom is -0.445 e. The van der Waals surface area contributed by atoms with Gasteiger partial charge in [0.15, 0.2) is 0 Å². The van der Waals surface area contributed by atoms with Crippen molar-refractivity contribution >= 4 is 24.4 Å². The molecule has 29 heavy (non-hydrogen) atoms. The number of amides is 2. The van der Waals surface area contributed by atoms with Crippen LogP contribution in [0.25, 0.3) is 0 Å². The fraction of sp³-hybridized carbons (Fsp3) is 0.333. The van der Waals surface area contributed by atoms with Crippen molar-refractivity contribution in [3.63, 3.8) is 0 Å². The molecule has 6 nitrogen and oxygen atoms in total. The van der Waals surface area contributed by atoms with Crippen LogP contribution >= 0.6 is 12.4 Å². The van der Waals surface area contributed by atoms with Crippen molar-refractivity contribution in [3.8, 4) is 0 Å². The molecule has 156 valence electrons. The Morgan fingerprint density at radius 2 is 1.55 bits per heavy atom. The molecular weight excluding hydrogens is 397 g/mol. The number of benzene rings is 2. The number of carbonyl (C=O) groups is 2. The molecule has 0 spiro atoms. The van der Waals surface area contributed by atoms with E-state index in [-0.39, 0.29) is 43.3 Å². The predicted molar refractivity (Wildman–Crippen MR) is 110 cm³/mol. The average Bonchev–Trinajstić information content (AvgIpc) is 2.73. The molecule has 2 aromatic carbocycles. The van der Waals surface area contributed by atoms with E-state index in [0.717, 1.165) is 11.1 Å². The van der Waals surface area contributed by atoms with Crippen LogP contribution < -0.4 is 5.73 Å². The fourth-order valence-corrected chi connectivity index (χ4v) is 3.09. The molecular formula is C21H25ClFN3O3. The molecule has 0 radical (unpaired) electrons. The van der Waals surface area contributed by atoms with Crippen LogP contribution in [0.1, 0.15) is 23.6 Å². The highest BCUT2D eigenvalue weighted by atomic mass is 35.5. The highest BCUT2D eigenvalue weighted by molar-refractivity contribution is 5.85. The summed E-state index contributed by atoms with van der Waals surface area (Å²) < 4.78 is 18.3. The maximum absolute atomic E-state index is 13.0. The normalized spacial score (nSPS) is 14.7. The maximum atomic E-state index is 13.0. The predicted octanol–water partition coefficient (Wildman–Crippen LogP) is 3.12. The molecule has 8 heteroatoms. The highest BCUT2D eigenvalue weighted by Gasteiger charge is 2.26. The van der Waals surface area contributed by atoms with E-state index >= 15 is 0 Å². The van der Waals surface area contributed by atoms with Gasteiger partial charge in [-0.25, -0.2) is 9.18 Å². The number of nitrogens with two attached hydrogens (primary N) is 1. The summed E-state index contributed by atoms with van der Waals surface area (Å²) in [4.78, 5) is 28.0. The smallest absolute Gasteiger partial charge is 0.410 e. The Balaban J connectivity index is 0.00000300. The summed E-state index contributed by atoms with van der Waals surface area (Å²) >= 11 is 0. The van der Waals surface area contributed by atoms with Crippen LogP contribution in [0.2, 0.25) is 0 Å². The molecule has 2 N–H and O–H groups in total. The standard InChI is InChI=1S/C21H24FN3O3.ClH/c22-18-8-6-17(7-9-18)19(23)14-20(26)24-10-12-25(13-11-24)21(27)28-15-16-4-2-1-3-5-16;/h1-9,19H,10-15,23H2;1H. The molecule has 1 fully saturated rings. The topological polar surface area (TPSA) is 75.9 Å². The van der Waals surface area contributed by atoms with Gasteiger partial charge < -0.3 is 20.3 Å². The zero-order chi connectivity index (χ0) is 19.9. The van der Waals surface area contributed by atoms with Gasteiger partial charge in [0.05, 0.1) is 0 Å². The van der Waals surface area contributed by atoms with E-state index in [0.29, 0.717) is 26.2 Å². The van der Waals surface area contributed by atoms with Gasteiger partial charge in [0.1, 0.15) is 12.4 Å². The van der Waals surface area contributed by atoms with Crippen LogP contribution in [0.4, 0.5) is 9.18 Å². The van der Waals surface area contributed by atoms with Gasteiger partial charge in [-0.1, -0.05) is 42.5 Å². The van der Waals surface area contributed by atoms with Crippen molar-refractivity contribution < 1.29 is 18.7 Å². The second-order valence-corrected chi connectivity index (χ2v) is 6.77. The molecule has 0 saturated carbocycles. The van der Waals surface area contributed by atoms with Gasteiger partial charge in [-0.05, 0) is 23.3 Å². The van der Waals surface area contributed by atoms with E-state index in [1.54, 1.807) is 21.9 Å². The Kier molecular flexibility index (Phi) is 8.42. The number of rotatable bonds is 5. The molecule has 2 aromatic rings. The average molecular weight is 422 g/mol. The van der Waals surface area contributed by atoms with Crippen LogP contribution in [0.15, 0.2) is 54.6 Å². The van der Waals surface area contributed by atoms with Crippen molar-refractivity contribution in [2.24, 2.45) is 5.73 Å². The Bertz CT molecular complexity index is 797. The number of nitrogens with zero attached hydrogens (tertiary/aromatic N) is 2. The monoisotopic (exact) mass is 421 g/mol. The third-order valence-corrected chi connectivity index (χ3v) is 4.79. The number of piperazine rings is 1. The summed E-state index contributed by atoms with van der Waals surface area (Å²) in [5, 5.41) is 0. The van der Waals surface area contributed by atoms with E-state index in [2.05, 4.69) is 0 Å². The maximum Gasteiger partial charge on any atom is 0.410 e. The molecule has 3 rings (SSSR count). The SMILES string of the molecule is Cl.NC(CC(=O)N1CCN(C(=O)OCc2ccccc2)CC1)c1ccc(F)cc1. The van der Waals surface area contributed by atoms with E-state index in [9.17, 15) is 14.0 Å². The zero-order valence-corrected chi connectivity index (χ0v) is 16.8. The lowest BCUT2D eigenvalue weighted by molar-refractivity contribution is -0.133. The van der Waals surface area contributed by atoms with E-state index < -0.39 is 6.04 Å². The molecule has 1 unspecified atom stereocenters. The van der Waals surface area contributed by atoms with Gasteiger partial charge in [0.25, 0.3) is 0 Å². The number of ether oxygens (including phenoxy) is 1. The quantitative estimate of drug-likeness (QED) is 0.804. The summed E-state index contributed by atoms with van der Waals surface area (Å²) in [5.41, 5.74) is 7.72. The third kappa shape index (κ3) is 6.44. The number of carbonyl (C=O) groups excluding carboxylic acids is 2. The zero-order valence-electron chi connectivity index (χ0n) is 16.0. The lowest BCUT2D eigenvalue weighted by Gasteiger charge is -2.34. The first kappa shape index (κ1) is 22.6. The Morgan fingerprint density at radius 3 is 2.17 bits per heavy atom. The van der Waals surface area contributed by atoms with Crippen LogP contribution in [0.5, 0.6) is 0 Å². The van der Waals surface area contributed by atoms with Crippen molar-refractivity contribution in [2.45, 2.75) is 19.1 Å². The van der Waals surface area contributed by atoms with Gasteiger partial charge in [0.2, 0.25) is 5.91 Å². The lowest BCUT2D eigenvalue weighted by atomic mass is 10.0. The van der Waals surface area contributed by atoms with Gasteiger partial charge in [0, 0.05) is 38.6 Å². The third-order valence-electron chi connectivity index (χ3n) is 4.79. The largest absolute Gasteiger partial charge is 0.445 e. The van der Waals surface area contributed by atoms with Crippen molar-refractivity contribution in [1.82, 2.24) is 9.80 Å². The molecule has 0 aromatic heterocycles. The molecule has 0 aliphatic carbocycles. The second kappa shape index (κ2) is 10.8. The van der Waals surface area contributed by atoms with Crippen LogP contribution in [-0.4, -0.2) is 48.0 Å². The highest BCUT2D eigenvalue weighted by Crippen LogP contribution is 2.17. The molecule has 1 atom stereocenters. The Labute approximate surface area is 175 Å². The molecule has 2 amide bonds. The summed E-state index contributed by atoms with van der Waals surface area (Å²) in [7, 11) is 0. The second-order valence-electron chi connectivity index (χ2n) is 6.77. The molecule has 0 bridgehead atoms. The summed E-state index contributed by atoms with van der Waals surface area (Å²) in [6.07, 6.45) is -0.233. The first-order chi connectivity index (χ1) is 13.5. The number of hydrogen-bond acceptors (Lipinski definition) is 4. The molecule has 1 heterocycles. The number of hydrogen-bond donors (Lipinski definition) is 1. The van der Waals surface area contributed by atoms with Crippen molar-refractivity contribution in [2.75, 3.05) is 26.2 Å². The van der Waals surface area contributed by atoms with E-state index in [1.807, 2.05) is 30.3 Å². The summed E-state index contributed by atoms with van der Waals surface area (Å²) in [6, 6.07) is 14.9. The van der Waals surface area contributed by atoms with Gasteiger partial charge in [-0.2, -0.15) is 0 Å². The first-order valence-electron chi connectivity index (χ1n) is 9.27. The van der Waals surface area contributed by atoms with Gasteiger partial charge in [-0.15, -0.1) is 12.4 Å². The molecule has 1 aliphatic heterocycles. The summed E-state index contributed by atoms with van der Waals surface area (Å²) in [6.45, 7) is 1.95. The summed E-state index contributed by atoms with van der Waals surface area (Å²) in [5.74, 6) is -0.410. The van der Waals surface area contributed by atoms with Crippen LogP contribution in [-0.2, 0) is 16.1 Å². The van der Waals surface area contributed by atoms with Crippen LogP contribution in [0.3, 0.4) is 0 Å². The minimum absolute atomic E-state index is 0. The molecule has 1 saturated heterocycles. The first-order valence-corrected chi connectivity index (χ1v) is 9.27. The molecule has 1 aliphatic rings. The lowest BCUT2D eigenvalue weighted by Crippen LogP contribution is -2.51. The minimum atomic E-state index is -0.484. The van der Waals surface area contributed by atoms with E-state index in [1.165, 1.54) is 12.1 Å². The Morgan fingerprint density at radius 1 is 0.966 bits per heavy atom. The fourth-order valence-electron chi connectivity index (χ4n) is 3.09. The van der Waals surface area contributed by atoms with Crippen molar-refractivity contribution in [3.05, 3.63) is 71.5 Å². The number of halogens is 2. The van der Waals surface area contributed by atoms with E-state index in [4.69, 9.17) is 10.5 Å². The van der Waals surface area contributed by atoms with Gasteiger partial charge >= 0.3 is 6.09 Å². The van der Waals surface area contributed by atoms with Gasteiger partial charge in [-0.3, -0.25) is 4.79 Å². The Hall–Kier alpha value is -2.64. The van der Waals surface area contributed by atoms with Crippen LogP contribution in [0, 0.1) is 5.82 Å².